The van der Waals surface area contributed by atoms with Gasteiger partial charge >= 0.3 is 0 Å². The number of benzene rings is 4. The van der Waals surface area contributed by atoms with Crippen LogP contribution in [0.2, 0.25) is 0 Å². The first-order valence-corrected chi connectivity index (χ1v) is 17.4. The van der Waals surface area contributed by atoms with Gasteiger partial charge in [-0.25, -0.2) is 17.5 Å². The minimum absolute atomic E-state index is 0.00331. The van der Waals surface area contributed by atoms with Gasteiger partial charge in [0.25, 0.3) is 11.8 Å². The van der Waals surface area contributed by atoms with Crippen LogP contribution in [0, 0.1) is 5.82 Å². The standard InChI is InChI=1S/C36H37FN6O5S/c1-24(26-14-16-30(37)17-15-26)39-35(45)28-19-29(21-31(20-28)42(2)49(3,47)48)36(46)40-32(18-25-10-6-4-7-11-25)34(44)23-43-33(22-38-41-43)27-12-8-5-9-13-27/h4-17,19-22,24,32,34,44H,18,23H2,1-3H3,(H,39,45)(H,40,46)/t24-,32+,34+/m1/s1. The first kappa shape index (κ1) is 34.9. The number of nitrogens with zero attached hydrogens (tertiary/aromatic N) is 4. The van der Waals surface area contributed by atoms with Crippen LogP contribution in [0.25, 0.3) is 11.3 Å². The number of aliphatic hydroxyl groups is 1. The molecule has 1 aromatic heterocycles. The summed E-state index contributed by atoms with van der Waals surface area (Å²) in [5.74, 6) is -1.62. The molecule has 0 saturated carbocycles. The molecule has 2 amide bonds. The Bertz CT molecular complexity index is 2010. The second-order valence-electron chi connectivity index (χ2n) is 11.8. The van der Waals surface area contributed by atoms with Crippen LogP contribution in [0.5, 0.6) is 0 Å². The van der Waals surface area contributed by atoms with Crippen LogP contribution in [-0.2, 0) is 23.0 Å². The molecular formula is C36H37FN6O5S. The van der Waals surface area contributed by atoms with Crippen LogP contribution in [0.3, 0.4) is 0 Å². The summed E-state index contributed by atoms with van der Waals surface area (Å²) in [6, 6.07) is 27.2. The molecule has 254 valence electrons. The number of nitrogens with one attached hydrogen (secondary N) is 2. The molecule has 0 radical (unpaired) electrons. The van der Waals surface area contributed by atoms with Crippen molar-refractivity contribution in [2.75, 3.05) is 17.6 Å². The molecule has 0 bridgehead atoms. The zero-order chi connectivity index (χ0) is 35.1. The lowest BCUT2D eigenvalue weighted by Gasteiger charge is -2.25. The molecule has 0 saturated heterocycles. The number of carbonyl (C=O) groups is 2. The summed E-state index contributed by atoms with van der Waals surface area (Å²) in [4.78, 5) is 27.4. The summed E-state index contributed by atoms with van der Waals surface area (Å²) in [7, 11) is -2.45. The Balaban J connectivity index is 1.44. The van der Waals surface area contributed by atoms with Crippen molar-refractivity contribution in [1.29, 1.82) is 0 Å². The second-order valence-corrected chi connectivity index (χ2v) is 13.8. The largest absolute Gasteiger partial charge is 0.389 e. The van der Waals surface area contributed by atoms with Crippen molar-refractivity contribution in [2.24, 2.45) is 0 Å². The fourth-order valence-electron chi connectivity index (χ4n) is 5.29. The third-order valence-electron chi connectivity index (χ3n) is 8.15. The Kier molecular flexibility index (Phi) is 10.8. The van der Waals surface area contributed by atoms with Gasteiger partial charge in [-0.05, 0) is 54.8 Å². The second kappa shape index (κ2) is 15.2. The van der Waals surface area contributed by atoms with Crippen LogP contribution in [-0.4, -0.2) is 65.8 Å². The number of rotatable bonds is 13. The van der Waals surface area contributed by atoms with Crippen LogP contribution < -0.4 is 14.9 Å². The first-order valence-electron chi connectivity index (χ1n) is 15.5. The quantitative estimate of drug-likeness (QED) is 0.167. The monoisotopic (exact) mass is 684 g/mol. The number of anilines is 1. The Morgan fingerprint density at radius 1 is 0.898 bits per heavy atom. The van der Waals surface area contributed by atoms with Crippen LogP contribution in [0.4, 0.5) is 10.1 Å². The Hall–Kier alpha value is -5.40. The molecule has 3 atom stereocenters. The molecule has 13 heteroatoms. The van der Waals surface area contributed by atoms with Gasteiger partial charge in [0.05, 0.1) is 48.6 Å². The third kappa shape index (κ3) is 8.95. The number of hydrogen-bond acceptors (Lipinski definition) is 7. The molecule has 1 heterocycles. The highest BCUT2D eigenvalue weighted by molar-refractivity contribution is 7.92. The third-order valence-corrected chi connectivity index (χ3v) is 9.35. The zero-order valence-corrected chi connectivity index (χ0v) is 28.0. The van der Waals surface area contributed by atoms with Gasteiger partial charge in [0.1, 0.15) is 5.82 Å². The van der Waals surface area contributed by atoms with E-state index in [0.717, 1.165) is 21.7 Å². The van der Waals surface area contributed by atoms with E-state index in [4.69, 9.17) is 0 Å². The molecule has 0 unspecified atom stereocenters. The Morgan fingerprint density at radius 3 is 2.10 bits per heavy atom. The maximum atomic E-state index is 13.9. The predicted octanol–water partition coefficient (Wildman–Crippen LogP) is 4.37. The Morgan fingerprint density at radius 2 is 1.49 bits per heavy atom. The summed E-state index contributed by atoms with van der Waals surface area (Å²) in [5, 5.41) is 25.5. The average Bonchev–Trinajstić information content (AvgIpc) is 3.56. The molecule has 5 aromatic rings. The average molecular weight is 685 g/mol. The highest BCUT2D eigenvalue weighted by Crippen LogP contribution is 2.23. The van der Waals surface area contributed by atoms with Crippen LogP contribution >= 0.6 is 0 Å². The van der Waals surface area contributed by atoms with Gasteiger partial charge in [0.2, 0.25) is 10.0 Å². The number of halogens is 1. The summed E-state index contributed by atoms with van der Waals surface area (Å²) >= 11 is 0. The summed E-state index contributed by atoms with van der Waals surface area (Å²) in [5.41, 5.74) is 3.17. The minimum Gasteiger partial charge on any atom is -0.389 e. The van der Waals surface area contributed by atoms with E-state index in [9.17, 15) is 27.5 Å². The lowest BCUT2D eigenvalue weighted by Crippen LogP contribution is -2.46. The predicted molar refractivity (Wildman–Crippen MR) is 185 cm³/mol. The molecule has 0 aliphatic carbocycles. The van der Waals surface area contributed by atoms with E-state index in [1.807, 2.05) is 60.7 Å². The van der Waals surface area contributed by atoms with E-state index in [1.54, 1.807) is 29.9 Å². The number of hydrogen-bond donors (Lipinski definition) is 3. The molecular weight excluding hydrogens is 647 g/mol. The topological polar surface area (TPSA) is 147 Å². The smallest absolute Gasteiger partial charge is 0.251 e. The van der Waals surface area contributed by atoms with Crippen molar-refractivity contribution in [3.05, 3.63) is 137 Å². The SMILES string of the molecule is C[C@@H](NC(=O)c1cc(C(=O)N[C@@H](Cc2ccccc2)[C@@H](O)Cn2nncc2-c2ccccc2)cc(N(C)S(C)(=O)=O)c1)c1ccc(F)cc1. The Labute approximate surface area is 284 Å². The van der Waals surface area contributed by atoms with Gasteiger partial charge in [-0.15, -0.1) is 5.10 Å². The summed E-state index contributed by atoms with van der Waals surface area (Å²) < 4.78 is 41.0. The lowest BCUT2D eigenvalue weighted by molar-refractivity contribution is 0.0780. The van der Waals surface area contributed by atoms with Crippen molar-refractivity contribution in [2.45, 2.75) is 38.1 Å². The van der Waals surface area contributed by atoms with E-state index >= 15 is 0 Å². The molecule has 0 spiro atoms. The number of amides is 2. The summed E-state index contributed by atoms with van der Waals surface area (Å²) in [6.45, 7) is 1.73. The van der Waals surface area contributed by atoms with Crippen LogP contribution in [0.1, 0.15) is 44.8 Å². The van der Waals surface area contributed by atoms with Gasteiger partial charge in [-0.2, -0.15) is 0 Å². The molecule has 3 N–H and O–H groups in total. The van der Waals surface area contributed by atoms with Crippen LogP contribution in [0.15, 0.2) is 109 Å². The van der Waals surface area contributed by atoms with Crippen molar-refractivity contribution in [3.63, 3.8) is 0 Å². The molecule has 0 aliphatic heterocycles. The van der Waals surface area contributed by atoms with Gasteiger partial charge < -0.3 is 15.7 Å². The lowest BCUT2D eigenvalue weighted by atomic mass is 9.99. The van der Waals surface area contributed by atoms with E-state index in [1.165, 1.54) is 37.4 Å². The molecule has 49 heavy (non-hydrogen) atoms. The normalized spacial score (nSPS) is 13.2. The van der Waals surface area contributed by atoms with E-state index in [2.05, 4.69) is 20.9 Å². The number of sulfonamides is 1. The maximum absolute atomic E-state index is 13.9. The zero-order valence-electron chi connectivity index (χ0n) is 27.2. The van der Waals surface area contributed by atoms with Crippen molar-refractivity contribution >= 4 is 27.5 Å². The van der Waals surface area contributed by atoms with E-state index < -0.39 is 45.8 Å². The molecule has 5 rings (SSSR count). The summed E-state index contributed by atoms with van der Waals surface area (Å²) in [6.07, 6.45) is 1.74. The van der Waals surface area contributed by atoms with E-state index in [0.29, 0.717) is 11.3 Å². The number of carbonyl (C=O) groups excluding carboxylic acids is 2. The van der Waals surface area contributed by atoms with Gasteiger partial charge in [0.15, 0.2) is 0 Å². The molecule has 4 aromatic carbocycles. The number of aliphatic hydroxyl groups excluding tert-OH is 1. The highest BCUT2D eigenvalue weighted by Gasteiger charge is 2.26. The number of aromatic nitrogens is 3. The first-order chi connectivity index (χ1) is 23.4. The molecule has 11 nitrogen and oxygen atoms in total. The van der Waals surface area contributed by atoms with Gasteiger partial charge in [-0.1, -0.05) is 78.0 Å². The minimum atomic E-state index is -3.77. The van der Waals surface area contributed by atoms with Crippen molar-refractivity contribution in [1.82, 2.24) is 25.6 Å². The van der Waals surface area contributed by atoms with Gasteiger partial charge in [-0.3, -0.25) is 13.9 Å². The molecule has 0 fully saturated rings. The maximum Gasteiger partial charge on any atom is 0.251 e. The fourth-order valence-corrected chi connectivity index (χ4v) is 5.78. The highest BCUT2D eigenvalue weighted by atomic mass is 32.2. The van der Waals surface area contributed by atoms with Crippen molar-refractivity contribution < 1.29 is 27.5 Å². The van der Waals surface area contributed by atoms with Gasteiger partial charge in [0, 0.05) is 23.7 Å². The fraction of sp³-hybridized carbons (Fsp3) is 0.222. The molecule has 0 aliphatic rings. The van der Waals surface area contributed by atoms with Crippen molar-refractivity contribution in [3.8, 4) is 11.3 Å². The van der Waals surface area contributed by atoms with E-state index in [-0.39, 0.29) is 29.8 Å².